The Bertz CT molecular complexity index is 800. The summed E-state index contributed by atoms with van der Waals surface area (Å²) >= 11 is 0. The van der Waals surface area contributed by atoms with Gasteiger partial charge in [0.25, 0.3) is 0 Å². The summed E-state index contributed by atoms with van der Waals surface area (Å²) in [7, 11) is 1.56. The zero-order valence-corrected chi connectivity index (χ0v) is 14.5. The molecular weight excluding hydrogens is 334 g/mol. The Morgan fingerprint density at radius 2 is 2.00 bits per heavy atom. The van der Waals surface area contributed by atoms with Crippen molar-refractivity contribution in [3.05, 3.63) is 59.2 Å². The van der Waals surface area contributed by atoms with E-state index in [0.717, 1.165) is 28.9 Å². The highest BCUT2D eigenvalue weighted by atomic mass is 16.5. The quantitative estimate of drug-likeness (QED) is 0.797. The predicted octanol–water partition coefficient (Wildman–Crippen LogP) is 2.50. The third-order valence-corrected chi connectivity index (χ3v) is 4.35. The maximum Gasteiger partial charge on any atom is 0.305 e. The number of carboxylic acid groups (broad SMARTS) is 1. The molecule has 0 bridgehead atoms. The molecule has 0 saturated carbocycles. The molecule has 0 fully saturated rings. The summed E-state index contributed by atoms with van der Waals surface area (Å²) in [6.45, 7) is 0.670. The second-order valence-corrected chi connectivity index (χ2v) is 6.21. The molecule has 3 rings (SSSR count). The van der Waals surface area contributed by atoms with E-state index >= 15 is 0 Å². The van der Waals surface area contributed by atoms with E-state index in [9.17, 15) is 9.59 Å². The number of amides is 1. The lowest BCUT2D eigenvalue weighted by molar-refractivity contribution is -0.137. The van der Waals surface area contributed by atoms with E-state index in [2.05, 4.69) is 5.32 Å². The highest BCUT2D eigenvalue weighted by molar-refractivity contribution is 5.80. The SMILES string of the molecule is COc1ccc(C(CC(=O)O)NC(=O)Cc2ccc3c(c2)CCO3)cc1. The maximum atomic E-state index is 12.4. The minimum atomic E-state index is -0.971. The number of fused-ring (bicyclic) bond motifs is 1. The first-order valence-corrected chi connectivity index (χ1v) is 8.45. The molecule has 6 nitrogen and oxygen atoms in total. The molecule has 0 aromatic heterocycles. The van der Waals surface area contributed by atoms with Crippen molar-refractivity contribution in [2.24, 2.45) is 0 Å². The first-order chi connectivity index (χ1) is 12.5. The lowest BCUT2D eigenvalue weighted by Crippen LogP contribution is -2.31. The number of nitrogens with one attached hydrogen (secondary N) is 1. The van der Waals surface area contributed by atoms with Crippen LogP contribution in [0.3, 0.4) is 0 Å². The van der Waals surface area contributed by atoms with Crippen molar-refractivity contribution in [1.29, 1.82) is 0 Å². The van der Waals surface area contributed by atoms with Gasteiger partial charge in [-0.1, -0.05) is 24.3 Å². The number of hydrogen-bond acceptors (Lipinski definition) is 4. The van der Waals surface area contributed by atoms with Crippen molar-refractivity contribution in [3.8, 4) is 11.5 Å². The van der Waals surface area contributed by atoms with Crippen LogP contribution in [0.2, 0.25) is 0 Å². The van der Waals surface area contributed by atoms with E-state index in [-0.39, 0.29) is 18.7 Å². The third-order valence-electron chi connectivity index (χ3n) is 4.35. The number of aliphatic carboxylic acids is 1. The molecule has 1 aliphatic heterocycles. The fourth-order valence-electron chi connectivity index (χ4n) is 3.04. The molecule has 2 aromatic rings. The first-order valence-electron chi connectivity index (χ1n) is 8.45. The fraction of sp³-hybridized carbons (Fsp3) is 0.300. The molecule has 0 saturated heterocycles. The van der Waals surface area contributed by atoms with E-state index in [1.807, 2.05) is 18.2 Å². The second-order valence-electron chi connectivity index (χ2n) is 6.21. The average Bonchev–Trinajstić information content (AvgIpc) is 3.08. The minimum Gasteiger partial charge on any atom is -0.497 e. The van der Waals surface area contributed by atoms with Gasteiger partial charge in [0, 0.05) is 6.42 Å². The van der Waals surface area contributed by atoms with Crippen LogP contribution < -0.4 is 14.8 Å². The summed E-state index contributed by atoms with van der Waals surface area (Å²) in [6.07, 6.45) is 0.855. The van der Waals surface area contributed by atoms with Crippen LogP contribution in [0.1, 0.15) is 29.2 Å². The number of ether oxygens (including phenoxy) is 2. The van der Waals surface area contributed by atoms with Crippen LogP contribution >= 0.6 is 0 Å². The van der Waals surface area contributed by atoms with Crippen molar-refractivity contribution < 1.29 is 24.2 Å². The number of carboxylic acids is 1. The van der Waals surface area contributed by atoms with Gasteiger partial charge in [0.05, 0.1) is 32.6 Å². The van der Waals surface area contributed by atoms with Crippen LogP contribution in [-0.4, -0.2) is 30.7 Å². The Hall–Kier alpha value is -3.02. The molecule has 1 amide bonds. The maximum absolute atomic E-state index is 12.4. The number of methoxy groups -OCH3 is 1. The van der Waals surface area contributed by atoms with Crippen LogP contribution in [0.4, 0.5) is 0 Å². The molecule has 2 aromatic carbocycles. The molecule has 1 aliphatic rings. The molecule has 1 atom stereocenters. The van der Waals surface area contributed by atoms with Gasteiger partial charge in [0.1, 0.15) is 11.5 Å². The largest absolute Gasteiger partial charge is 0.497 e. The van der Waals surface area contributed by atoms with Crippen LogP contribution in [0.5, 0.6) is 11.5 Å². The van der Waals surface area contributed by atoms with Crippen molar-refractivity contribution in [2.45, 2.75) is 25.3 Å². The molecule has 0 spiro atoms. The van der Waals surface area contributed by atoms with Crippen LogP contribution in [0.15, 0.2) is 42.5 Å². The smallest absolute Gasteiger partial charge is 0.305 e. The van der Waals surface area contributed by atoms with Gasteiger partial charge in [-0.05, 0) is 34.9 Å². The minimum absolute atomic E-state index is 0.184. The van der Waals surface area contributed by atoms with Gasteiger partial charge >= 0.3 is 5.97 Å². The standard InChI is InChI=1S/C20H21NO5/c1-25-16-5-3-14(4-6-16)17(12-20(23)24)21-19(22)11-13-2-7-18-15(10-13)8-9-26-18/h2-7,10,17H,8-9,11-12H2,1H3,(H,21,22)(H,23,24). The molecule has 2 N–H and O–H groups in total. The molecule has 136 valence electrons. The van der Waals surface area contributed by atoms with Crippen molar-refractivity contribution in [1.82, 2.24) is 5.32 Å². The summed E-state index contributed by atoms with van der Waals surface area (Å²) in [5.74, 6) is 0.359. The van der Waals surface area contributed by atoms with Crippen molar-refractivity contribution >= 4 is 11.9 Å². The van der Waals surface area contributed by atoms with Crippen LogP contribution in [0.25, 0.3) is 0 Å². The summed E-state index contributed by atoms with van der Waals surface area (Å²) in [4.78, 5) is 23.6. The zero-order valence-electron chi connectivity index (χ0n) is 14.5. The van der Waals surface area contributed by atoms with Crippen molar-refractivity contribution in [3.63, 3.8) is 0 Å². The summed E-state index contributed by atoms with van der Waals surface area (Å²) in [6, 6.07) is 12.1. The number of carbonyl (C=O) groups is 2. The number of benzene rings is 2. The third kappa shape index (κ3) is 4.33. The topological polar surface area (TPSA) is 84.9 Å². The van der Waals surface area contributed by atoms with Gasteiger partial charge in [-0.3, -0.25) is 9.59 Å². The lowest BCUT2D eigenvalue weighted by Gasteiger charge is -2.18. The van der Waals surface area contributed by atoms with Gasteiger partial charge in [-0.15, -0.1) is 0 Å². The summed E-state index contributed by atoms with van der Waals surface area (Å²) in [5, 5.41) is 12.0. The molecule has 26 heavy (non-hydrogen) atoms. The summed E-state index contributed by atoms with van der Waals surface area (Å²) < 4.78 is 10.6. The van der Waals surface area contributed by atoms with E-state index in [4.69, 9.17) is 14.6 Å². The molecule has 0 radical (unpaired) electrons. The first kappa shape index (κ1) is 17.8. The summed E-state index contributed by atoms with van der Waals surface area (Å²) in [5.41, 5.74) is 2.71. The Labute approximate surface area is 151 Å². The molecule has 0 aliphatic carbocycles. The Balaban J connectivity index is 1.69. The highest BCUT2D eigenvalue weighted by Crippen LogP contribution is 2.26. The Morgan fingerprint density at radius 3 is 2.69 bits per heavy atom. The lowest BCUT2D eigenvalue weighted by atomic mass is 10.0. The zero-order chi connectivity index (χ0) is 18.5. The van der Waals surface area contributed by atoms with Crippen LogP contribution in [0, 0.1) is 0 Å². The molecular formula is C20H21NO5. The average molecular weight is 355 g/mol. The molecule has 1 unspecified atom stereocenters. The van der Waals surface area contributed by atoms with Gasteiger partial charge in [-0.25, -0.2) is 0 Å². The second kappa shape index (κ2) is 7.91. The normalized spacial score (nSPS) is 13.4. The van der Waals surface area contributed by atoms with Gasteiger partial charge in [0.2, 0.25) is 5.91 Å². The number of hydrogen-bond donors (Lipinski definition) is 2. The van der Waals surface area contributed by atoms with Gasteiger partial charge in [0.15, 0.2) is 0 Å². The Morgan fingerprint density at radius 1 is 1.23 bits per heavy atom. The fourth-order valence-corrected chi connectivity index (χ4v) is 3.04. The predicted molar refractivity (Wildman–Crippen MR) is 95.5 cm³/mol. The molecule has 6 heteroatoms. The van der Waals surface area contributed by atoms with Crippen molar-refractivity contribution in [2.75, 3.05) is 13.7 Å². The van der Waals surface area contributed by atoms with E-state index in [0.29, 0.717) is 12.4 Å². The van der Waals surface area contributed by atoms with Gasteiger partial charge in [-0.2, -0.15) is 0 Å². The number of rotatable bonds is 7. The van der Waals surface area contributed by atoms with Gasteiger partial charge < -0.3 is 19.9 Å². The van der Waals surface area contributed by atoms with E-state index in [1.165, 1.54) is 0 Å². The van der Waals surface area contributed by atoms with E-state index in [1.54, 1.807) is 31.4 Å². The van der Waals surface area contributed by atoms with E-state index < -0.39 is 12.0 Å². The Kier molecular flexibility index (Phi) is 5.41. The monoisotopic (exact) mass is 355 g/mol. The highest BCUT2D eigenvalue weighted by Gasteiger charge is 2.19. The molecule has 1 heterocycles. The van der Waals surface area contributed by atoms with Crippen LogP contribution in [-0.2, 0) is 22.4 Å². The number of carbonyl (C=O) groups excluding carboxylic acids is 1.